The van der Waals surface area contributed by atoms with Gasteiger partial charge >= 0.3 is 6.03 Å². The highest BCUT2D eigenvalue weighted by molar-refractivity contribution is 7.09. The molecule has 2 aromatic carbocycles. The van der Waals surface area contributed by atoms with Crippen LogP contribution in [0.3, 0.4) is 0 Å². The number of carbonyl (C=O) groups is 2. The third kappa shape index (κ3) is 7.08. The summed E-state index contributed by atoms with van der Waals surface area (Å²) in [5.74, 6) is 0.567. The summed E-state index contributed by atoms with van der Waals surface area (Å²) >= 11 is 1.62. The van der Waals surface area contributed by atoms with Crippen molar-refractivity contribution in [3.8, 4) is 5.75 Å². The normalized spacial score (nSPS) is 11.5. The van der Waals surface area contributed by atoms with Crippen molar-refractivity contribution in [3.63, 3.8) is 0 Å². The fraction of sp³-hybridized carbons (Fsp3) is 0.308. The monoisotopic (exact) mass is 465 g/mol. The number of thiophene rings is 1. The van der Waals surface area contributed by atoms with Crippen LogP contribution in [-0.4, -0.2) is 41.4 Å². The van der Waals surface area contributed by atoms with E-state index in [2.05, 4.69) is 5.32 Å². The zero-order chi connectivity index (χ0) is 23.6. The van der Waals surface area contributed by atoms with E-state index < -0.39 is 0 Å². The lowest BCUT2D eigenvalue weighted by Crippen LogP contribution is -2.47. The molecule has 3 amide bonds. The average molecular weight is 466 g/mol. The predicted molar refractivity (Wildman–Crippen MR) is 133 cm³/mol. The maximum atomic E-state index is 13.5. The second-order valence-corrected chi connectivity index (χ2v) is 8.89. The molecule has 0 aliphatic carbocycles. The van der Waals surface area contributed by atoms with E-state index in [0.29, 0.717) is 24.5 Å². The van der Waals surface area contributed by atoms with Crippen molar-refractivity contribution in [1.29, 1.82) is 0 Å². The molecule has 0 fully saturated rings. The van der Waals surface area contributed by atoms with E-state index in [1.165, 1.54) is 0 Å². The Kier molecular flexibility index (Phi) is 8.89. The maximum absolute atomic E-state index is 13.5. The number of urea groups is 1. The van der Waals surface area contributed by atoms with Crippen LogP contribution in [0.25, 0.3) is 0 Å². The van der Waals surface area contributed by atoms with Crippen LogP contribution in [-0.2, 0) is 17.9 Å². The van der Waals surface area contributed by atoms with Gasteiger partial charge in [0.15, 0.2) is 0 Å². The minimum absolute atomic E-state index is 0.00299. The smallest absolute Gasteiger partial charge is 0.322 e. The molecule has 0 saturated heterocycles. The fourth-order valence-corrected chi connectivity index (χ4v) is 4.14. The molecule has 1 atom stereocenters. The maximum Gasteiger partial charge on any atom is 0.322 e. The molecule has 1 heterocycles. The Morgan fingerprint density at radius 1 is 1.03 bits per heavy atom. The largest absolute Gasteiger partial charge is 0.497 e. The Bertz CT molecular complexity index is 1020. The average Bonchev–Trinajstić information content (AvgIpc) is 3.35. The summed E-state index contributed by atoms with van der Waals surface area (Å²) in [6, 6.07) is 20.7. The number of ether oxygens (including phenoxy) is 1. The lowest BCUT2D eigenvalue weighted by molar-refractivity contribution is -0.133. The van der Waals surface area contributed by atoms with Gasteiger partial charge in [-0.25, -0.2) is 4.79 Å². The number of nitrogens with zero attached hydrogens (tertiary/aromatic N) is 2. The van der Waals surface area contributed by atoms with Gasteiger partial charge in [-0.1, -0.05) is 49.4 Å². The van der Waals surface area contributed by atoms with Gasteiger partial charge in [0.1, 0.15) is 12.3 Å². The van der Waals surface area contributed by atoms with Gasteiger partial charge in [0, 0.05) is 29.2 Å². The lowest BCUT2D eigenvalue weighted by Gasteiger charge is -2.31. The predicted octanol–water partition coefficient (Wildman–Crippen LogP) is 5.62. The molecule has 0 saturated carbocycles. The van der Waals surface area contributed by atoms with Crippen LogP contribution < -0.4 is 10.1 Å². The van der Waals surface area contributed by atoms with Crippen molar-refractivity contribution in [1.82, 2.24) is 9.80 Å². The van der Waals surface area contributed by atoms with E-state index in [-0.39, 0.29) is 24.5 Å². The fourth-order valence-electron chi connectivity index (χ4n) is 3.42. The van der Waals surface area contributed by atoms with Gasteiger partial charge in [0.25, 0.3) is 0 Å². The summed E-state index contributed by atoms with van der Waals surface area (Å²) in [7, 11) is 1.58. The third-order valence-electron chi connectivity index (χ3n) is 5.51. The minimum Gasteiger partial charge on any atom is -0.497 e. The van der Waals surface area contributed by atoms with Crippen molar-refractivity contribution in [2.45, 2.75) is 39.4 Å². The zero-order valence-electron chi connectivity index (χ0n) is 19.4. The number of benzene rings is 2. The first-order valence-electron chi connectivity index (χ1n) is 11.1. The topological polar surface area (TPSA) is 61.9 Å². The minimum atomic E-state index is -0.304. The summed E-state index contributed by atoms with van der Waals surface area (Å²) < 4.78 is 5.24. The molecule has 174 valence electrons. The molecule has 1 aromatic heterocycles. The first-order chi connectivity index (χ1) is 16.0. The molecule has 1 N–H and O–H groups in total. The Hall–Kier alpha value is -3.32. The van der Waals surface area contributed by atoms with Crippen molar-refractivity contribution < 1.29 is 14.3 Å². The zero-order valence-corrected chi connectivity index (χ0v) is 20.2. The van der Waals surface area contributed by atoms with E-state index in [4.69, 9.17) is 4.74 Å². The van der Waals surface area contributed by atoms with Crippen molar-refractivity contribution >= 4 is 29.0 Å². The molecular weight excluding hydrogens is 434 g/mol. The summed E-state index contributed by atoms with van der Waals surface area (Å²) in [6.07, 6.45) is 0.739. The Balaban J connectivity index is 1.76. The number of nitrogens with one attached hydrogen (secondary N) is 1. The van der Waals surface area contributed by atoms with Gasteiger partial charge in [-0.15, -0.1) is 11.3 Å². The second-order valence-electron chi connectivity index (χ2n) is 7.86. The molecule has 0 aliphatic heterocycles. The van der Waals surface area contributed by atoms with Gasteiger partial charge in [-0.3, -0.25) is 4.79 Å². The van der Waals surface area contributed by atoms with Crippen molar-refractivity contribution in [3.05, 3.63) is 82.6 Å². The first-order valence-corrected chi connectivity index (χ1v) is 11.9. The summed E-state index contributed by atoms with van der Waals surface area (Å²) in [4.78, 5) is 31.1. The van der Waals surface area contributed by atoms with Crippen LogP contribution in [0.2, 0.25) is 0 Å². The number of rotatable bonds is 10. The lowest BCUT2D eigenvalue weighted by atomic mass is 10.2. The second kappa shape index (κ2) is 12.1. The number of hydrogen-bond acceptors (Lipinski definition) is 4. The third-order valence-corrected chi connectivity index (χ3v) is 6.37. The quantitative estimate of drug-likeness (QED) is 0.423. The van der Waals surface area contributed by atoms with Gasteiger partial charge in [-0.2, -0.15) is 0 Å². The first kappa shape index (κ1) is 24.3. The molecule has 3 rings (SSSR count). The molecule has 3 aromatic rings. The highest BCUT2D eigenvalue weighted by atomic mass is 32.1. The van der Waals surface area contributed by atoms with Crippen LogP contribution in [0.15, 0.2) is 72.1 Å². The van der Waals surface area contributed by atoms with Crippen LogP contribution >= 0.6 is 11.3 Å². The van der Waals surface area contributed by atoms with Gasteiger partial charge < -0.3 is 19.9 Å². The molecule has 0 radical (unpaired) electrons. The SMILES string of the molecule is CCC(C)N(CC(=O)N(Cc1ccccc1)Cc1cccs1)C(=O)Nc1cccc(OC)c1. The Morgan fingerprint density at radius 3 is 2.48 bits per heavy atom. The van der Waals surface area contributed by atoms with E-state index >= 15 is 0 Å². The Labute approximate surface area is 199 Å². The molecule has 0 aliphatic rings. The van der Waals surface area contributed by atoms with Crippen molar-refractivity contribution in [2.24, 2.45) is 0 Å². The number of amides is 3. The van der Waals surface area contributed by atoms with E-state index in [9.17, 15) is 9.59 Å². The van der Waals surface area contributed by atoms with Gasteiger partial charge in [0.05, 0.1) is 13.7 Å². The highest BCUT2D eigenvalue weighted by Gasteiger charge is 2.25. The summed E-state index contributed by atoms with van der Waals surface area (Å²) in [6.45, 7) is 4.97. The summed E-state index contributed by atoms with van der Waals surface area (Å²) in [5.41, 5.74) is 1.68. The molecular formula is C26H31N3O3S. The standard InChI is InChI=1S/C26H31N3O3S/c1-4-20(2)29(26(31)27-22-12-8-13-23(16-22)32-3)19-25(30)28(18-24-14-9-15-33-24)17-21-10-6-5-7-11-21/h5-16,20H,4,17-19H2,1-3H3,(H,27,31). The number of carbonyl (C=O) groups excluding carboxylic acids is 2. The van der Waals surface area contributed by atoms with E-state index in [1.807, 2.05) is 78.7 Å². The molecule has 1 unspecified atom stereocenters. The van der Waals surface area contributed by atoms with Crippen LogP contribution in [0.5, 0.6) is 5.75 Å². The summed E-state index contributed by atoms with van der Waals surface area (Å²) in [5, 5.41) is 4.92. The highest BCUT2D eigenvalue weighted by Crippen LogP contribution is 2.19. The number of anilines is 1. The van der Waals surface area contributed by atoms with Crippen LogP contribution in [0.4, 0.5) is 10.5 Å². The van der Waals surface area contributed by atoms with Crippen molar-refractivity contribution in [2.75, 3.05) is 19.0 Å². The molecule has 7 heteroatoms. The number of hydrogen-bond donors (Lipinski definition) is 1. The number of methoxy groups -OCH3 is 1. The van der Waals surface area contributed by atoms with Gasteiger partial charge in [-0.05, 0) is 42.5 Å². The molecule has 6 nitrogen and oxygen atoms in total. The molecule has 0 spiro atoms. The van der Waals surface area contributed by atoms with Gasteiger partial charge in [0.2, 0.25) is 5.91 Å². The van der Waals surface area contributed by atoms with Crippen LogP contribution in [0.1, 0.15) is 30.7 Å². The molecule has 33 heavy (non-hydrogen) atoms. The Morgan fingerprint density at radius 2 is 1.82 bits per heavy atom. The van der Waals surface area contributed by atoms with E-state index in [0.717, 1.165) is 16.9 Å². The van der Waals surface area contributed by atoms with Crippen LogP contribution in [0, 0.1) is 0 Å². The molecule has 0 bridgehead atoms. The van der Waals surface area contributed by atoms with E-state index in [1.54, 1.807) is 35.5 Å².